The van der Waals surface area contributed by atoms with Gasteiger partial charge in [-0.1, -0.05) is 41.4 Å². The van der Waals surface area contributed by atoms with E-state index < -0.39 is 0 Å². The topological polar surface area (TPSA) is 35.8 Å². The number of phenols is 1. The normalized spacial score (nSPS) is 17.3. The lowest BCUT2D eigenvalue weighted by atomic mass is 10.0. The molecule has 0 spiro atoms. The van der Waals surface area contributed by atoms with Crippen LogP contribution in [0.4, 0.5) is 5.69 Å². The van der Waals surface area contributed by atoms with Gasteiger partial charge in [0.2, 0.25) is 0 Å². The number of phenolic OH excluding ortho intramolecular Hbond substituents is 1. The van der Waals surface area contributed by atoms with Gasteiger partial charge < -0.3 is 5.11 Å². The van der Waals surface area contributed by atoms with E-state index in [1.165, 1.54) is 0 Å². The second kappa shape index (κ2) is 6.42. The Hall–Kier alpha value is -1.97. The van der Waals surface area contributed by atoms with Gasteiger partial charge in [-0.3, -0.25) is 5.01 Å². The highest BCUT2D eigenvalue weighted by molar-refractivity contribution is 6.55. The Morgan fingerprint density at radius 3 is 2.41 bits per heavy atom. The van der Waals surface area contributed by atoms with Crippen molar-refractivity contribution in [1.82, 2.24) is 0 Å². The van der Waals surface area contributed by atoms with Crippen molar-refractivity contribution in [3.63, 3.8) is 0 Å². The zero-order chi connectivity index (χ0) is 15.5. The van der Waals surface area contributed by atoms with Crippen molar-refractivity contribution < 1.29 is 5.11 Å². The number of hydrogen-bond donors (Lipinski definition) is 1. The van der Waals surface area contributed by atoms with Crippen molar-refractivity contribution in [3.05, 3.63) is 70.7 Å². The van der Waals surface area contributed by atoms with Gasteiger partial charge in [-0.2, -0.15) is 5.10 Å². The van der Waals surface area contributed by atoms with Crippen LogP contribution < -0.4 is 5.01 Å². The van der Waals surface area contributed by atoms with E-state index in [2.05, 4.69) is 0 Å². The molecule has 1 unspecified atom stereocenters. The summed E-state index contributed by atoms with van der Waals surface area (Å²) in [5, 5.41) is 16.0. The first-order valence-electron chi connectivity index (χ1n) is 6.87. The summed E-state index contributed by atoms with van der Waals surface area (Å²) >= 11 is 11.7. The van der Waals surface area contributed by atoms with Gasteiger partial charge >= 0.3 is 0 Å². The minimum absolute atomic E-state index is 0.0313. The van der Waals surface area contributed by atoms with Crippen LogP contribution in [0.5, 0.6) is 5.75 Å². The maximum absolute atomic E-state index is 9.41. The standard InChI is InChI=1S/C17H14Cl2N2O/c18-17(19)11-14-10-16(12-6-8-15(22)9-7-12)20-21(14)13-4-2-1-3-5-13/h1-9,11,14,22H,10H2. The van der Waals surface area contributed by atoms with E-state index >= 15 is 0 Å². The van der Waals surface area contributed by atoms with Crippen molar-refractivity contribution in [1.29, 1.82) is 0 Å². The summed E-state index contributed by atoms with van der Waals surface area (Å²) in [6, 6.07) is 16.9. The summed E-state index contributed by atoms with van der Waals surface area (Å²) in [4.78, 5) is 0. The minimum atomic E-state index is -0.0313. The molecule has 2 aromatic rings. The Kier molecular flexibility index (Phi) is 4.36. The number of nitrogens with zero attached hydrogens (tertiary/aromatic N) is 2. The quantitative estimate of drug-likeness (QED) is 0.884. The van der Waals surface area contributed by atoms with Crippen molar-refractivity contribution in [2.75, 3.05) is 5.01 Å². The Morgan fingerprint density at radius 1 is 1.09 bits per heavy atom. The average Bonchev–Trinajstić information content (AvgIpc) is 2.92. The number of rotatable bonds is 3. The lowest BCUT2D eigenvalue weighted by Gasteiger charge is -2.20. The van der Waals surface area contributed by atoms with Crippen molar-refractivity contribution in [2.24, 2.45) is 5.10 Å². The fraction of sp³-hybridized carbons (Fsp3) is 0.118. The Bertz CT molecular complexity index is 707. The molecule has 0 radical (unpaired) electrons. The van der Waals surface area contributed by atoms with Crippen LogP contribution in [-0.2, 0) is 0 Å². The lowest BCUT2D eigenvalue weighted by Crippen LogP contribution is -2.24. The number of benzene rings is 2. The third kappa shape index (κ3) is 3.26. The molecule has 1 atom stereocenters. The predicted molar refractivity (Wildman–Crippen MR) is 91.8 cm³/mol. The van der Waals surface area contributed by atoms with Crippen molar-refractivity contribution in [2.45, 2.75) is 12.5 Å². The second-order valence-corrected chi connectivity index (χ2v) is 6.01. The first kappa shape index (κ1) is 14.9. The third-order valence-electron chi connectivity index (χ3n) is 3.48. The van der Waals surface area contributed by atoms with Crippen molar-refractivity contribution >= 4 is 34.6 Å². The summed E-state index contributed by atoms with van der Waals surface area (Å²) in [6.45, 7) is 0. The molecule has 0 aliphatic carbocycles. The first-order valence-corrected chi connectivity index (χ1v) is 7.63. The van der Waals surface area contributed by atoms with E-state index in [1.807, 2.05) is 47.5 Å². The molecule has 3 rings (SSSR count). The highest BCUT2D eigenvalue weighted by Crippen LogP contribution is 2.29. The summed E-state index contributed by atoms with van der Waals surface area (Å²) in [5.41, 5.74) is 2.88. The summed E-state index contributed by atoms with van der Waals surface area (Å²) in [6.07, 6.45) is 2.48. The smallest absolute Gasteiger partial charge is 0.115 e. The molecule has 5 heteroatoms. The van der Waals surface area contributed by atoms with Gasteiger partial charge in [-0.25, -0.2) is 0 Å². The Labute approximate surface area is 139 Å². The number of anilines is 1. The molecule has 0 bridgehead atoms. The van der Waals surface area contributed by atoms with Gasteiger partial charge in [-0.05, 0) is 48.0 Å². The van der Waals surface area contributed by atoms with Crippen LogP contribution in [0.3, 0.4) is 0 Å². The Balaban J connectivity index is 1.96. The van der Waals surface area contributed by atoms with Gasteiger partial charge in [0.1, 0.15) is 10.2 Å². The van der Waals surface area contributed by atoms with Crippen LogP contribution in [-0.4, -0.2) is 16.9 Å². The van der Waals surface area contributed by atoms with Crippen LogP contribution in [0.25, 0.3) is 0 Å². The predicted octanol–water partition coefficient (Wildman–Crippen LogP) is 4.69. The van der Waals surface area contributed by atoms with Gasteiger partial charge in [0, 0.05) is 6.42 Å². The monoisotopic (exact) mass is 332 g/mol. The van der Waals surface area contributed by atoms with Crippen LogP contribution >= 0.6 is 23.2 Å². The van der Waals surface area contributed by atoms with E-state index in [4.69, 9.17) is 28.3 Å². The van der Waals surface area contributed by atoms with E-state index in [-0.39, 0.29) is 16.3 Å². The molecule has 1 aliphatic heterocycles. The van der Waals surface area contributed by atoms with Crippen LogP contribution in [0, 0.1) is 0 Å². The molecule has 22 heavy (non-hydrogen) atoms. The maximum atomic E-state index is 9.41. The molecule has 3 nitrogen and oxygen atoms in total. The van der Waals surface area contributed by atoms with Gasteiger partial charge in [0.25, 0.3) is 0 Å². The van der Waals surface area contributed by atoms with Gasteiger partial charge in [0.15, 0.2) is 0 Å². The molecule has 2 aromatic carbocycles. The van der Waals surface area contributed by atoms with Crippen LogP contribution in [0.15, 0.2) is 70.3 Å². The van der Waals surface area contributed by atoms with E-state index in [1.54, 1.807) is 18.2 Å². The molecule has 0 fully saturated rings. The fourth-order valence-corrected chi connectivity index (χ4v) is 2.75. The molecule has 0 aromatic heterocycles. The lowest BCUT2D eigenvalue weighted by molar-refractivity contribution is 0.475. The number of para-hydroxylation sites is 1. The molecule has 1 aliphatic rings. The molecule has 0 amide bonds. The van der Waals surface area contributed by atoms with Gasteiger partial charge in [-0.15, -0.1) is 0 Å². The molecule has 112 valence electrons. The molecule has 1 N–H and O–H groups in total. The molecule has 0 saturated carbocycles. The van der Waals surface area contributed by atoms with E-state index in [9.17, 15) is 5.11 Å². The highest BCUT2D eigenvalue weighted by Gasteiger charge is 2.27. The largest absolute Gasteiger partial charge is 0.508 e. The van der Waals surface area contributed by atoms with Crippen molar-refractivity contribution in [3.8, 4) is 5.75 Å². The zero-order valence-electron chi connectivity index (χ0n) is 11.7. The molecule has 0 saturated heterocycles. The average molecular weight is 333 g/mol. The number of hydrogen-bond acceptors (Lipinski definition) is 3. The molecular weight excluding hydrogens is 319 g/mol. The second-order valence-electron chi connectivity index (χ2n) is 5.00. The minimum Gasteiger partial charge on any atom is -0.508 e. The zero-order valence-corrected chi connectivity index (χ0v) is 13.2. The van der Waals surface area contributed by atoms with Crippen LogP contribution in [0.1, 0.15) is 12.0 Å². The Morgan fingerprint density at radius 2 is 1.77 bits per heavy atom. The number of aromatic hydroxyl groups is 1. The highest BCUT2D eigenvalue weighted by atomic mass is 35.5. The SMILES string of the molecule is Oc1ccc(C2=NN(c3ccccc3)C(C=C(Cl)Cl)C2)cc1. The van der Waals surface area contributed by atoms with Gasteiger partial charge in [0.05, 0.1) is 17.4 Å². The molecule has 1 heterocycles. The van der Waals surface area contributed by atoms with E-state index in [0.29, 0.717) is 6.42 Å². The van der Waals surface area contributed by atoms with Crippen LogP contribution in [0.2, 0.25) is 0 Å². The maximum Gasteiger partial charge on any atom is 0.115 e. The fourth-order valence-electron chi connectivity index (χ4n) is 2.46. The summed E-state index contributed by atoms with van der Waals surface area (Å²) in [5.74, 6) is 0.238. The molecular formula is C17H14Cl2N2O. The summed E-state index contributed by atoms with van der Waals surface area (Å²) < 4.78 is 0.230. The first-order chi connectivity index (χ1) is 10.6. The third-order valence-corrected chi connectivity index (χ3v) is 3.74. The van der Waals surface area contributed by atoms with E-state index in [0.717, 1.165) is 17.0 Å². The number of halogens is 2. The number of hydrazone groups is 1. The summed E-state index contributed by atoms with van der Waals surface area (Å²) in [7, 11) is 0.